The van der Waals surface area contributed by atoms with E-state index in [0.29, 0.717) is 12.1 Å². The minimum atomic E-state index is -0.540. The summed E-state index contributed by atoms with van der Waals surface area (Å²) in [6, 6.07) is 9.80. The number of aromatic amines is 1. The molecule has 1 aromatic carbocycles. The zero-order valence-corrected chi connectivity index (χ0v) is 11.4. The molecule has 0 fully saturated rings. The van der Waals surface area contributed by atoms with Crippen LogP contribution in [-0.4, -0.2) is 41.3 Å². The highest BCUT2D eigenvalue weighted by Crippen LogP contribution is 2.12. The number of tetrazole rings is 1. The van der Waals surface area contributed by atoms with Gasteiger partial charge in [0.05, 0.1) is 18.3 Å². The number of aliphatic hydroxyl groups is 1. The summed E-state index contributed by atoms with van der Waals surface area (Å²) in [5, 5.41) is 26.7. The number of hydrogen-bond donors (Lipinski definition) is 2. The Hall–Kier alpha value is -3.29. The molecule has 0 radical (unpaired) electrons. The van der Waals surface area contributed by atoms with Crippen LogP contribution in [0.5, 0.6) is 0 Å². The molecular formula is C14H12N6O2. The van der Waals surface area contributed by atoms with Crippen molar-refractivity contribution in [3.63, 3.8) is 0 Å². The molecule has 3 aromatic rings. The number of benzene rings is 1. The van der Waals surface area contributed by atoms with Crippen molar-refractivity contribution in [3.05, 3.63) is 65.8 Å². The van der Waals surface area contributed by atoms with E-state index >= 15 is 0 Å². The molecule has 8 heteroatoms. The molecule has 0 saturated heterocycles. The molecule has 110 valence electrons. The van der Waals surface area contributed by atoms with E-state index in [-0.39, 0.29) is 11.6 Å². The number of nitrogens with zero attached hydrogens (tertiary/aromatic N) is 5. The van der Waals surface area contributed by atoms with Crippen molar-refractivity contribution in [2.45, 2.75) is 6.54 Å². The maximum absolute atomic E-state index is 11.7. The SMILES string of the molecule is O=C(C=C(O)c1cnn(Cc2ccccc2)c1)c1nn[nH]n1. The largest absolute Gasteiger partial charge is 0.507 e. The summed E-state index contributed by atoms with van der Waals surface area (Å²) in [4.78, 5) is 11.7. The number of ketones is 1. The van der Waals surface area contributed by atoms with Gasteiger partial charge in [-0.2, -0.15) is 10.3 Å². The summed E-state index contributed by atoms with van der Waals surface area (Å²) in [5.74, 6) is -0.848. The molecule has 2 aromatic heterocycles. The van der Waals surface area contributed by atoms with Crippen molar-refractivity contribution < 1.29 is 9.90 Å². The number of allylic oxidation sites excluding steroid dienone is 1. The highest BCUT2D eigenvalue weighted by atomic mass is 16.3. The summed E-state index contributed by atoms with van der Waals surface area (Å²) in [6.45, 7) is 0.576. The van der Waals surface area contributed by atoms with E-state index in [4.69, 9.17) is 0 Å². The molecule has 0 bridgehead atoms. The van der Waals surface area contributed by atoms with Crippen LogP contribution in [0.15, 0.2) is 48.8 Å². The van der Waals surface area contributed by atoms with Crippen molar-refractivity contribution in [3.8, 4) is 0 Å². The first-order valence-corrected chi connectivity index (χ1v) is 6.47. The number of carbonyl (C=O) groups excluding carboxylic acids is 1. The van der Waals surface area contributed by atoms with Gasteiger partial charge in [0.15, 0.2) is 0 Å². The van der Waals surface area contributed by atoms with Gasteiger partial charge in [0.2, 0.25) is 11.6 Å². The molecule has 0 saturated carbocycles. The second-order valence-corrected chi connectivity index (χ2v) is 4.54. The summed E-state index contributed by atoms with van der Waals surface area (Å²) < 4.78 is 1.67. The maximum Gasteiger partial charge on any atom is 0.244 e. The fourth-order valence-corrected chi connectivity index (χ4v) is 1.89. The Morgan fingerprint density at radius 2 is 2.14 bits per heavy atom. The monoisotopic (exact) mass is 296 g/mol. The number of carbonyl (C=O) groups is 1. The average molecular weight is 296 g/mol. The third kappa shape index (κ3) is 3.06. The highest BCUT2D eigenvalue weighted by molar-refractivity contribution is 6.05. The normalized spacial score (nSPS) is 11.5. The number of hydrogen-bond acceptors (Lipinski definition) is 6. The first-order chi connectivity index (χ1) is 10.7. The number of aliphatic hydroxyl groups excluding tert-OH is 1. The van der Waals surface area contributed by atoms with Crippen LogP contribution in [0.2, 0.25) is 0 Å². The summed E-state index contributed by atoms with van der Waals surface area (Å²) >= 11 is 0. The highest BCUT2D eigenvalue weighted by Gasteiger charge is 2.11. The first kappa shape index (κ1) is 13.7. The van der Waals surface area contributed by atoms with Gasteiger partial charge in [0.1, 0.15) is 5.76 Å². The minimum Gasteiger partial charge on any atom is -0.507 e. The van der Waals surface area contributed by atoms with E-state index in [9.17, 15) is 9.90 Å². The zero-order valence-electron chi connectivity index (χ0n) is 11.4. The third-order valence-corrected chi connectivity index (χ3v) is 2.95. The van der Waals surface area contributed by atoms with E-state index in [1.807, 2.05) is 30.3 Å². The van der Waals surface area contributed by atoms with Gasteiger partial charge >= 0.3 is 0 Å². The Morgan fingerprint density at radius 1 is 1.32 bits per heavy atom. The molecular weight excluding hydrogens is 284 g/mol. The Bertz CT molecular complexity index is 792. The zero-order chi connectivity index (χ0) is 15.4. The molecule has 8 nitrogen and oxygen atoms in total. The van der Waals surface area contributed by atoms with Crippen LogP contribution in [0.25, 0.3) is 5.76 Å². The van der Waals surface area contributed by atoms with Crippen LogP contribution in [0.1, 0.15) is 21.7 Å². The minimum absolute atomic E-state index is 0.108. The molecule has 22 heavy (non-hydrogen) atoms. The molecule has 0 spiro atoms. The molecule has 2 heterocycles. The first-order valence-electron chi connectivity index (χ1n) is 6.47. The number of H-pyrrole nitrogens is 1. The van der Waals surface area contributed by atoms with E-state index in [2.05, 4.69) is 25.7 Å². The molecule has 2 N–H and O–H groups in total. The molecule has 0 aliphatic rings. The fourth-order valence-electron chi connectivity index (χ4n) is 1.89. The van der Waals surface area contributed by atoms with Gasteiger partial charge in [-0.25, -0.2) is 0 Å². The average Bonchev–Trinajstić information content (AvgIpc) is 3.19. The lowest BCUT2D eigenvalue weighted by Crippen LogP contribution is -2.00. The predicted molar refractivity (Wildman–Crippen MR) is 76.9 cm³/mol. The van der Waals surface area contributed by atoms with Gasteiger partial charge < -0.3 is 5.11 Å². The topological polar surface area (TPSA) is 110 Å². The van der Waals surface area contributed by atoms with Crippen molar-refractivity contribution in [1.29, 1.82) is 0 Å². The molecule has 0 aliphatic carbocycles. The quantitative estimate of drug-likeness (QED) is 0.416. The van der Waals surface area contributed by atoms with Gasteiger partial charge in [0, 0.05) is 12.3 Å². The Labute approximate surface area is 125 Å². The van der Waals surface area contributed by atoms with Crippen molar-refractivity contribution in [2.24, 2.45) is 0 Å². The number of rotatable bonds is 5. The van der Waals surface area contributed by atoms with Gasteiger partial charge in [0.25, 0.3) is 0 Å². The van der Waals surface area contributed by atoms with Gasteiger partial charge in [-0.05, 0) is 10.8 Å². The number of nitrogens with one attached hydrogen (secondary N) is 1. The van der Waals surface area contributed by atoms with Gasteiger partial charge in [-0.15, -0.1) is 10.2 Å². The Balaban J connectivity index is 1.74. The van der Waals surface area contributed by atoms with Crippen molar-refractivity contribution >= 4 is 11.5 Å². The second kappa shape index (κ2) is 6.00. The lowest BCUT2D eigenvalue weighted by molar-refractivity contribution is 0.103. The van der Waals surface area contributed by atoms with Gasteiger partial charge in [-0.3, -0.25) is 9.48 Å². The van der Waals surface area contributed by atoms with Crippen LogP contribution >= 0.6 is 0 Å². The molecule has 0 amide bonds. The number of aromatic nitrogens is 6. The smallest absolute Gasteiger partial charge is 0.244 e. The van der Waals surface area contributed by atoms with E-state index < -0.39 is 5.78 Å². The van der Waals surface area contributed by atoms with Crippen molar-refractivity contribution in [1.82, 2.24) is 30.4 Å². The molecule has 0 aliphatic heterocycles. The van der Waals surface area contributed by atoms with Crippen LogP contribution in [0, 0.1) is 0 Å². The van der Waals surface area contributed by atoms with Crippen LogP contribution in [0.3, 0.4) is 0 Å². The van der Waals surface area contributed by atoms with Crippen LogP contribution in [0.4, 0.5) is 0 Å². The van der Waals surface area contributed by atoms with Crippen molar-refractivity contribution in [2.75, 3.05) is 0 Å². The molecule has 0 atom stereocenters. The van der Waals surface area contributed by atoms with E-state index in [1.54, 1.807) is 10.9 Å². The van der Waals surface area contributed by atoms with Crippen LogP contribution in [-0.2, 0) is 6.54 Å². The molecule has 0 unspecified atom stereocenters. The maximum atomic E-state index is 11.7. The summed E-state index contributed by atoms with van der Waals surface area (Å²) in [6.07, 6.45) is 4.18. The Morgan fingerprint density at radius 3 is 2.86 bits per heavy atom. The second-order valence-electron chi connectivity index (χ2n) is 4.54. The predicted octanol–water partition coefficient (Wildman–Crippen LogP) is 1.23. The third-order valence-electron chi connectivity index (χ3n) is 2.95. The summed E-state index contributed by atoms with van der Waals surface area (Å²) in [5.41, 5.74) is 1.52. The molecule has 3 rings (SSSR count). The standard InChI is InChI=1S/C14H12N6O2/c21-12(6-13(22)14-16-18-19-17-14)11-7-15-20(9-11)8-10-4-2-1-3-5-10/h1-7,9,21H,8H2,(H,16,17,18,19). The lowest BCUT2D eigenvalue weighted by Gasteiger charge is -2.00. The van der Waals surface area contributed by atoms with Crippen LogP contribution < -0.4 is 0 Å². The summed E-state index contributed by atoms with van der Waals surface area (Å²) in [7, 11) is 0. The van der Waals surface area contributed by atoms with Gasteiger partial charge in [-0.1, -0.05) is 30.3 Å². The Kier molecular flexibility index (Phi) is 3.73. The lowest BCUT2D eigenvalue weighted by atomic mass is 10.2. The van der Waals surface area contributed by atoms with E-state index in [0.717, 1.165) is 11.6 Å². The fraction of sp³-hybridized carbons (Fsp3) is 0.0714. The van der Waals surface area contributed by atoms with E-state index in [1.165, 1.54) is 6.20 Å².